The number of hydrogen-bond acceptors (Lipinski definition) is 6. The molecule has 18 heavy (non-hydrogen) atoms. The van der Waals surface area contributed by atoms with Gasteiger partial charge in [-0.3, -0.25) is 8.98 Å². The second-order valence-electron chi connectivity index (χ2n) is 3.26. The third-order valence-corrected chi connectivity index (χ3v) is 3.68. The summed E-state index contributed by atoms with van der Waals surface area (Å²) in [5.74, 6) is -1.30. The first-order valence-corrected chi connectivity index (χ1v) is 5.94. The largest absolute Gasteiger partial charge is 0.506 e. The van der Waals surface area contributed by atoms with E-state index in [1.807, 2.05) is 0 Å². The highest BCUT2D eigenvalue weighted by Crippen LogP contribution is 2.28. The van der Waals surface area contributed by atoms with Crippen molar-refractivity contribution < 1.29 is 22.5 Å². The number of benzene rings is 1. The smallest absolute Gasteiger partial charge is 0.283 e. The van der Waals surface area contributed by atoms with Crippen molar-refractivity contribution in [1.29, 1.82) is 0 Å². The minimum Gasteiger partial charge on any atom is -0.506 e. The predicted molar refractivity (Wildman–Crippen MR) is 67.6 cm³/mol. The summed E-state index contributed by atoms with van der Waals surface area (Å²) in [6, 6.07) is 3.56. The Morgan fingerprint density at radius 1 is 1.44 bits per heavy atom. The lowest BCUT2D eigenvalue weighted by Crippen LogP contribution is -2.29. The van der Waals surface area contributed by atoms with Gasteiger partial charge in [0.15, 0.2) is 5.25 Å². The van der Waals surface area contributed by atoms with Crippen LogP contribution in [0.2, 0.25) is 0 Å². The fraction of sp³-hybridized carbons (Fsp3) is 0.222. The van der Waals surface area contributed by atoms with Crippen LogP contribution in [0.4, 0.5) is 5.69 Å². The average molecular weight is 297 g/mol. The monoisotopic (exact) mass is 296 g/mol. The van der Waals surface area contributed by atoms with Crippen LogP contribution < -0.4 is 11.5 Å². The van der Waals surface area contributed by atoms with E-state index < -0.39 is 21.3 Å². The Morgan fingerprint density at radius 2 is 2.00 bits per heavy atom. The van der Waals surface area contributed by atoms with E-state index in [4.69, 9.17) is 11.5 Å². The number of carbonyl (C=O) groups is 1. The molecular formula is C9H13ClN2O5S. The van der Waals surface area contributed by atoms with Gasteiger partial charge in [-0.2, -0.15) is 8.42 Å². The molecule has 0 aliphatic carbocycles. The lowest BCUT2D eigenvalue weighted by Gasteiger charge is -2.13. The van der Waals surface area contributed by atoms with Crippen LogP contribution in [0.25, 0.3) is 0 Å². The number of primary amides is 1. The lowest BCUT2D eigenvalue weighted by molar-refractivity contribution is -0.117. The maximum absolute atomic E-state index is 11.5. The summed E-state index contributed by atoms with van der Waals surface area (Å²) >= 11 is 0. The Balaban J connectivity index is 0.00000289. The number of anilines is 1. The molecule has 0 heterocycles. The van der Waals surface area contributed by atoms with Crippen LogP contribution >= 0.6 is 12.4 Å². The Labute approximate surface area is 110 Å². The fourth-order valence-electron chi connectivity index (χ4n) is 1.31. The number of aromatic hydroxyl groups is 1. The van der Waals surface area contributed by atoms with Crippen molar-refractivity contribution in [2.75, 3.05) is 12.8 Å². The maximum Gasteiger partial charge on any atom is 0.283 e. The molecule has 0 aliphatic rings. The molecule has 0 saturated heterocycles. The molecule has 1 rings (SSSR count). The standard InChI is InChI=1S/C9H12N2O5S.ClH/c1-16-17(14,15)8(9(11)13)5-2-3-7(12)6(10)4-5;/h2-4,8,12H,10H2,1H3,(H2,11,13);1H. The van der Waals surface area contributed by atoms with E-state index in [1.165, 1.54) is 12.1 Å². The minimum absolute atomic E-state index is 0. The van der Waals surface area contributed by atoms with Crippen LogP contribution in [0, 0.1) is 0 Å². The quantitative estimate of drug-likeness (QED) is 0.403. The maximum atomic E-state index is 11.5. The summed E-state index contributed by atoms with van der Waals surface area (Å²) in [7, 11) is -3.23. The van der Waals surface area contributed by atoms with Crippen LogP contribution in [0.3, 0.4) is 0 Å². The molecule has 7 nitrogen and oxygen atoms in total. The number of amides is 1. The topological polar surface area (TPSA) is 133 Å². The number of phenolic OH excluding ortho intramolecular Hbond substituents is 1. The molecule has 102 valence electrons. The zero-order chi connectivity index (χ0) is 13.2. The predicted octanol–water partition coefficient (Wildman–Crippen LogP) is -0.101. The molecule has 1 amide bonds. The number of nitrogens with two attached hydrogens (primary N) is 2. The summed E-state index contributed by atoms with van der Waals surface area (Å²) in [5, 5.41) is 7.55. The van der Waals surface area contributed by atoms with Gasteiger partial charge in [0.2, 0.25) is 5.91 Å². The van der Waals surface area contributed by atoms with E-state index in [0.29, 0.717) is 0 Å². The second-order valence-corrected chi connectivity index (χ2v) is 5.05. The fourth-order valence-corrected chi connectivity index (χ4v) is 2.26. The van der Waals surface area contributed by atoms with Gasteiger partial charge >= 0.3 is 0 Å². The number of nitrogen functional groups attached to an aromatic ring is 1. The summed E-state index contributed by atoms with van der Waals surface area (Å²) < 4.78 is 27.3. The Morgan fingerprint density at radius 3 is 2.39 bits per heavy atom. The Bertz CT molecular complexity index is 546. The molecular weight excluding hydrogens is 284 g/mol. The third kappa shape index (κ3) is 3.25. The first-order valence-electron chi connectivity index (χ1n) is 4.46. The zero-order valence-electron chi connectivity index (χ0n) is 9.36. The lowest BCUT2D eigenvalue weighted by atomic mass is 10.1. The minimum atomic E-state index is -4.15. The number of rotatable bonds is 4. The molecule has 9 heteroatoms. The summed E-state index contributed by atoms with van der Waals surface area (Å²) in [6.07, 6.45) is 0. The third-order valence-electron chi connectivity index (χ3n) is 2.13. The molecule has 0 bridgehead atoms. The molecule has 1 unspecified atom stereocenters. The van der Waals surface area contributed by atoms with Gasteiger partial charge in [0.05, 0.1) is 12.8 Å². The number of phenols is 1. The van der Waals surface area contributed by atoms with Crippen molar-refractivity contribution in [2.24, 2.45) is 5.73 Å². The van der Waals surface area contributed by atoms with Gasteiger partial charge in [-0.05, 0) is 17.7 Å². The van der Waals surface area contributed by atoms with Gasteiger partial charge in [0, 0.05) is 0 Å². The van der Waals surface area contributed by atoms with E-state index in [-0.39, 0.29) is 29.4 Å². The van der Waals surface area contributed by atoms with Crippen molar-refractivity contribution in [3.63, 3.8) is 0 Å². The van der Waals surface area contributed by atoms with Crippen molar-refractivity contribution >= 4 is 34.1 Å². The molecule has 0 spiro atoms. The Hall–Kier alpha value is -1.51. The second kappa shape index (κ2) is 5.89. The molecule has 0 saturated carbocycles. The van der Waals surface area contributed by atoms with Crippen molar-refractivity contribution in [3.05, 3.63) is 23.8 Å². The molecule has 0 fully saturated rings. The van der Waals surface area contributed by atoms with E-state index >= 15 is 0 Å². The van der Waals surface area contributed by atoms with E-state index in [9.17, 15) is 18.3 Å². The number of hydrogen-bond donors (Lipinski definition) is 3. The molecule has 0 radical (unpaired) electrons. The zero-order valence-corrected chi connectivity index (χ0v) is 11.0. The number of carbonyl (C=O) groups excluding carboxylic acids is 1. The highest BCUT2D eigenvalue weighted by atomic mass is 35.5. The van der Waals surface area contributed by atoms with E-state index in [2.05, 4.69) is 4.18 Å². The van der Waals surface area contributed by atoms with Gasteiger partial charge in [0.25, 0.3) is 10.1 Å². The normalized spacial score (nSPS) is 12.5. The summed E-state index contributed by atoms with van der Waals surface area (Å²) in [6.45, 7) is 0. The molecule has 5 N–H and O–H groups in total. The first kappa shape index (κ1) is 16.5. The molecule has 0 aromatic heterocycles. The van der Waals surface area contributed by atoms with Crippen LogP contribution in [0.1, 0.15) is 10.8 Å². The summed E-state index contributed by atoms with van der Waals surface area (Å²) in [4.78, 5) is 11.2. The number of halogens is 1. The van der Waals surface area contributed by atoms with Gasteiger partial charge in [-0.25, -0.2) is 0 Å². The molecule has 1 atom stereocenters. The highest BCUT2D eigenvalue weighted by molar-refractivity contribution is 7.87. The van der Waals surface area contributed by atoms with Crippen LogP contribution in [0.15, 0.2) is 18.2 Å². The van der Waals surface area contributed by atoms with Gasteiger partial charge in [0.1, 0.15) is 5.75 Å². The van der Waals surface area contributed by atoms with Gasteiger partial charge in [-0.15, -0.1) is 12.4 Å². The van der Waals surface area contributed by atoms with Crippen molar-refractivity contribution in [2.45, 2.75) is 5.25 Å². The van der Waals surface area contributed by atoms with Crippen LogP contribution in [-0.2, 0) is 19.1 Å². The molecule has 1 aromatic carbocycles. The van der Waals surface area contributed by atoms with Crippen molar-refractivity contribution in [1.82, 2.24) is 0 Å². The van der Waals surface area contributed by atoms with Gasteiger partial charge < -0.3 is 16.6 Å². The Kier molecular flexibility index (Phi) is 5.40. The molecule has 1 aromatic rings. The molecule has 0 aliphatic heterocycles. The highest BCUT2D eigenvalue weighted by Gasteiger charge is 2.33. The van der Waals surface area contributed by atoms with E-state index in [0.717, 1.165) is 13.2 Å². The average Bonchev–Trinajstić information content (AvgIpc) is 2.22. The van der Waals surface area contributed by atoms with Gasteiger partial charge in [-0.1, -0.05) is 6.07 Å². The van der Waals surface area contributed by atoms with E-state index in [1.54, 1.807) is 0 Å². The van der Waals surface area contributed by atoms with Crippen LogP contribution in [0.5, 0.6) is 5.75 Å². The SMILES string of the molecule is COS(=O)(=O)C(C(N)=O)c1ccc(O)c(N)c1.Cl. The summed E-state index contributed by atoms with van der Waals surface area (Å²) in [5.41, 5.74) is 10.4. The van der Waals surface area contributed by atoms with Crippen LogP contribution in [-0.4, -0.2) is 26.5 Å². The first-order chi connectivity index (χ1) is 7.79. The van der Waals surface area contributed by atoms with Crippen molar-refractivity contribution in [3.8, 4) is 5.75 Å².